The van der Waals surface area contributed by atoms with E-state index in [4.69, 9.17) is 0 Å². The summed E-state index contributed by atoms with van der Waals surface area (Å²) in [6, 6.07) is 14.1. The second-order valence-corrected chi connectivity index (χ2v) is 6.00. The van der Waals surface area contributed by atoms with Gasteiger partial charge in [0.25, 0.3) is 5.91 Å². The van der Waals surface area contributed by atoms with Crippen LogP contribution in [-0.2, 0) is 11.4 Å². The summed E-state index contributed by atoms with van der Waals surface area (Å²) in [6.45, 7) is -0.0844. The lowest BCUT2D eigenvalue weighted by molar-refractivity contribution is -0.119. The maximum Gasteiger partial charge on any atom is 0.257 e. The minimum atomic E-state index is -0.281. The molecule has 2 N–H and O–H groups in total. The summed E-state index contributed by atoms with van der Waals surface area (Å²) < 4.78 is 0. The van der Waals surface area contributed by atoms with Crippen LogP contribution in [0.4, 0.5) is 11.4 Å². The van der Waals surface area contributed by atoms with E-state index in [-0.39, 0.29) is 24.3 Å². The van der Waals surface area contributed by atoms with Crippen molar-refractivity contribution in [1.82, 2.24) is 0 Å². The molecule has 1 aliphatic carbocycles. The number of para-hydroxylation sites is 1. The van der Waals surface area contributed by atoms with Gasteiger partial charge in [-0.2, -0.15) is 0 Å². The highest BCUT2D eigenvalue weighted by Gasteiger charge is 2.33. The molecule has 5 heteroatoms. The van der Waals surface area contributed by atoms with E-state index in [1.807, 2.05) is 6.07 Å². The van der Waals surface area contributed by atoms with Gasteiger partial charge >= 0.3 is 0 Å². The number of rotatable bonds is 5. The zero-order valence-electron chi connectivity index (χ0n) is 13.5. The molecule has 0 atom stereocenters. The monoisotopic (exact) mass is 324 g/mol. The molecule has 5 nitrogen and oxygen atoms in total. The number of nitrogens with zero attached hydrogens (tertiary/aromatic N) is 1. The molecule has 124 valence electrons. The molecule has 3 rings (SSSR count). The van der Waals surface area contributed by atoms with Crippen molar-refractivity contribution in [1.29, 1.82) is 0 Å². The third-order valence-electron chi connectivity index (χ3n) is 4.13. The van der Waals surface area contributed by atoms with E-state index < -0.39 is 0 Å². The lowest BCUT2D eigenvalue weighted by Gasteiger charge is -2.20. The first-order valence-electron chi connectivity index (χ1n) is 7.98. The van der Waals surface area contributed by atoms with Gasteiger partial charge < -0.3 is 15.3 Å². The molecule has 0 heterocycles. The number of aliphatic hydroxyl groups is 1. The van der Waals surface area contributed by atoms with Gasteiger partial charge in [0.2, 0.25) is 5.91 Å². The molecule has 1 fully saturated rings. The van der Waals surface area contributed by atoms with Crippen molar-refractivity contribution in [3.05, 3.63) is 59.7 Å². The molecule has 0 aliphatic heterocycles. The lowest BCUT2D eigenvalue weighted by Crippen LogP contribution is -2.29. The Balaban J connectivity index is 1.83. The van der Waals surface area contributed by atoms with Crippen molar-refractivity contribution < 1.29 is 14.7 Å². The smallest absolute Gasteiger partial charge is 0.257 e. The van der Waals surface area contributed by atoms with Gasteiger partial charge in [0.1, 0.15) is 0 Å². The maximum atomic E-state index is 12.6. The van der Waals surface area contributed by atoms with Crippen molar-refractivity contribution in [2.75, 3.05) is 17.3 Å². The molecule has 2 aromatic carbocycles. The number of carbonyl (C=O) groups excluding carboxylic acids is 2. The van der Waals surface area contributed by atoms with E-state index in [0.717, 1.165) is 18.4 Å². The highest BCUT2D eigenvalue weighted by Crippen LogP contribution is 2.33. The number of amides is 2. The summed E-state index contributed by atoms with van der Waals surface area (Å²) in [4.78, 5) is 26.5. The van der Waals surface area contributed by atoms with Crippen LogP contribution in [0.25, 0.3) is 0 Å². The Hall–Kier alpha value is -2.66. The van der Waals surface area contributed by atoms with Crippen LogP contribution in [0.1, 0.15) is 28.8 Å². The van der Waals surface area contributed by atoms with Crippen LogP contribution in [0.2, 0.25) is 0 Å². The molecule has 24 heavy (non-hydrogen) atoms. The standard InChI is InChI=1S/C19H20N2O3/c1-21(19(24)14-9-10-14)17-8-3-2-7-16(17)18(23)20-15-6-4-5-13(11-15)12-22/h2-8,11,14,22H,9-10,12H2,1H3,(H,20,23). The Bertz CT molecular complexity index is 769. The zero-order chi connectivity index (χ0) is 17.1. The summed E-state index contributed by atoms with van der Waals surface area (Å²) in [5.74, 6) is -0.138. The quantitative estimate of drug-likeness (QED) is 0.888. The summed E-state index contributed by atoms with van der Waals surface area (Å²) in [5, 5.41) is 12.0. The fourth-order valence-corrected chi connectivity index (χ4v) is 2.63. The number of nitrogens with one attached hydrogen (secondary N) is 1. The summed E-state index contributed by atoms with van der Waals surface area (Å²) in [6.07, 6.45) is 1.84. The van der Waals surface area contributed by atoms with Crippen molar-refractivity contribution in [3.63, 3.8) is 0 Å². The summed E-state index contributed by atoms with van der Waals surface area (Å²) in [5.41, 5.74) is 2.38. The number of hydrogen-bond donors (Lipinski definition) is 2. The number of anilines is 2. The normalized spacial score (nSPS) is 13.4. The van der Waals surface area contributed by atoms with Gasteiger partial charge in [-0.15, -0.1) is 0 Å². The predicted molar refractivity (Wildman–Crippen MR) is 92.9 cm³/mol. The minimum Gasteiger partial charge on any atom is -0.392 e. The van der Waals surface area contributed by atoms with Crippen LogP contribution in [0.3, 0.4) is 0 Å². The minimum absolute atomic E-state index is 0.0533. The van der Waals surface area contributed by atoms with E-state index in [2.05, 4.69) is 5.32 Å². The van der Waals surface area contributed by atoms with E-state index in [1.165, 1.54) is 0 Å². The molecule has 0 unspecified atom stereocenters. The molecule has 2 aromatic rings. The van der Waals surface area contributed by atoms with Crippen LogP contribution in [0, 0.1) is 5.92 Å². The van der Waals surface area contributed by atoms with Gasteiger partial charge in [-0.3, -0.25) is 9.59 Å². The van der Waals surface area contributed by atoms with Crippen molar-refractivity contribution >= 4 is 23.2 Å². The Morgan fingerprint density at radius 2 is 1.92 bits per heavy atom. The van der Waals surface area contributed by atoms with Gasteiger partial charge in [-0.1, -0.05) is 24.3 Å². The van der Waals surface area contributed by atoms with Gasteiger partial charge in [0.05, 0.1) is 17.9 Å². The second kappa shape index (κ2) is 6.84. The van der Waals surface area contributed by atoms with Crippen LogP contribution >= 0.6 is 0 Å². The van der Waals surface area contributed by atoms with Crippen molar-refractivity contribution in [2.24, 2.45) is 5.92 Å². The highest BCUT2D eigenvalue weighted by molar-refractivity contribution is 6.10. The first kappa shape index (κ1) is 16.2. The van der Waals surface area contributed by atoms with Crippen LogP contribution < -0.4 is 10.2 Å². The van der Waals surface area contributed by atoms with Gasteiger partial charge in [0.15, 0.2) is 0 Å². The van der Waals surface area contributed by atoms with Gasteiger partial charge in [-0.05, 0) is 42.7 Å². The molecular formula is C19H20N2O3. The molecule has 0 bridgehead atoms. The van der Waals surface area contributed by atoms with Crippen molar-refractivity contribution in [3.8, 4) is 0 Å². The van der Waals surface area contributed by atoms with Crippen LogP contribution in [-0.4, -0.2) is 24.0 Å². The molecular weight excluding hydrogens is 304 g/mol. The van der Waals surface area contributed by atoms with Crippen molar-refractivity contribution in [2.45, 2.75) is 19.4 Å². The topological polar surface area (TPSA) is 69.6 Å². The van der Waals surface area contributed by atoms with Crippen LogP contribution in [0.15, 0.2) is 48.5 Å². The van der Waals surface area contributed by atoms with Crippen LogP contribution in [0.5, 0.6) is 0 Å². The Kier molecular flexibility index (Phi) is 4.62. The molecule has 2 amide bonds. The highest BCUT2D eigenvalue weighted by atomic mass is 16.3. The van der Waals surface area contributed by atoms with E-state index in [9.17, 15) is 14.7 Å². The Morgan fingerprint density at radius 3 is 2.62 bits per heavy atom. The first-order valence-corrected chi connectivity index (χ1v) is 7.98. The molecule has 0 spiro atoms. The first-order chi connectivity index (χ1) is 11.6. The van der Waals surface area contributed by atoms with E-state index in [0.29, 0.717) is 16.9 Å². The maximum absolute atomic E-state index is 12.6. The Morgan fingerprint density at radius 1 is 1.17 bits per heavy atom. The fraction of sp³-hybridized carbons (Fsp3) is 0.263. The predicted octanol–water partition coefficient (Wildman–Crippen LogP) is 2.80. The summed E-state index contributed by atoms with van der Waals surface area (Å²) >= 11 is 0. The number of benzene rings is 2. The SMILES string of the molecule is CN(C(=O)C1CC1)c1ccccc1C(=O)Nc1cccc(CO)c1. The molecule has 0 aromatic heterocycles. The lowest BCUT2D eigenvalue weighted by atomic mass is 10.1. The van der Waals surface area contributed by atoms with E-state index >= 15 is 0 Å². The largest absolute Gasteiger partial charge is 0.392 e. The van der Waals surface area contributed by atoms with Gasteiger partial charge in [0, 0.05) is 18.7 Å². The number of carbonyl (C=O) groups is 2. The van der Waals surface area contributed by atoms with Gasteiger partial charge in [-0.25, -0.2) is 0 Å². The Labute approximate surface area is 140 Å². The average molecular weight is 324 g/mol. The third-order valence-corrected chi connectivity index (χ3v) is 4.13. The molecule has 1 saturated carbocycles. The third kappa shape index (κ3) is 3.46. The zero-order valence-corrected chi connectivity index (χ0v) is 13.5. The molecule has 0 radical (unpaired) electrons. The number of aliphatic hydroxyl groups excluding tert-OH is 1. The molecule has 0 saturated heterocycles. The van der Waals surface area contributed by atoms with E-state index in [1.54, 1.807) is 54.4 Å². The fourth-order valence-electron chi connectivity index (χ4n) is 2.63. The number of hydrogen-bond acceptors (Lipinski definition) is 3. The molecule has 1 aliphatic rings. The average Bonchev–Trinajstić information content (AvgIpc) is 3.45. The second-order valence-electron chi connectivity index (χ2n) is 6.00. The summed E-state index contributed by atoms with van der Waals surface area (Å²) in [7, 11) is 1.71.